The molecule has 1 aliphatic carbocycles. The van der Waals surface area contributed by atoms with Gasteiger partial charge in [0.25, 0.3) is 0 Å². The van der Waals surface area contributed by atoms with Gasteiger partial charge in [0, 0.05) is 18.7 Å². The van der Waals surface area contributed by atoms with Gasteiger partial charge < -0.3 is 10.4 Å². The molecular formula is C11H23NO. The molecule has 0 radical (unpaired) electrons. The van der Waals surface area contributed by atoms with E-state index < -0.39 is 0 Å². The minimum Gasteiger partial charge on any atom is -0.396 e. The molecule has 0 aromatic carbocycles. The van der Waals surface area contributed by atoms with E-state index in [1.165, 1.54) is 25.7 Å². The highest BCUT2D eigenvalue weighted by Crippen LogP contribution is 2.27. The van der Waals surface area contributed by atoms with Gasteiger partial charge in [0.05, 0.1) is 0 Å². The highest BCUT2D eigenvalue weighted by Gasteiger charge is 2.21. The van der Waals surface area contributed by atoms with Crippen LogP contribution in [0.25, 0.3) is 0 Å². The van der Waals surface area contributed by atoms with Crippen molar-refractivity contribution in [2.75, 3.05) is 6.61 Å². The first-order valence-corrected chi connectivity index (χ1v) is 5.61. The topological polar surface area (TPSA) is 32.3 Å². The van der Waals surface area contributed by atoms with E-state index in [0.717, 1.165) is 12.3 Å². The fraction of sp³-hybridized carbons (Fsp3) is 1.00. The molecule has 1 saturated carbocycles. The van der Waals surface area contributed by atoms with E-state index in [-0.39, 0.29) is 0 Å². The molecule has 0 aromatic rings. The molecule has 2 nitrogen and oxygen atoms in total. The minimum atomic E-state index is 0.297. The van der Waals surface area contributed by atoms with E-state index in [9.17, 15) is 0 Å². The Kier molecular flexibility index (Phi) is 4.74. The van der Waals surface area contributed by atoms with Gasteiger partial charge in [0.15, 0.2) is 0 Å². The molecule has 0 aliphatic heterocycles. The van der Waals surface area contributed by atoms with Gasteiger partial charge in [0.1, 0.15) is 0 Å². The van der Waals surface area contributed by atoms with Crippen molar-refractivity contribution in [2.45, 2.75) is 58.0 Å². The number of aliphatic hydroxyl groups is 1. The smallest absolute Gasteiger partial charge is 0.0445 e. The van der Waals surface area contributed by atoms with Gasteiger partial charge >= 0.3 is 0 Å². The quantitative estimate of drug-likeness (QED) is 0.686. The number of hydrogen-bond donors (Lipinski definition) is 2. The third-order valence-corrected chi connectivity index (χ3v) is 3.22. The summed E-state index contributed by atoms with van der Waals surface area (Å²) >= 11 is 0. The monoisotopic (exact) mass is 185 g/mol. The van der Waals surface area contributed by atoms with E-state index >= 15 is 0 Å². The van der Waals surface area contributed by atoms with Crippen molar-refractivity contribution in [3.63, 3.8) is 0 Å². The molecule has 1 aliphatic rings. The van der Waals surface area contributed by atoms with Crippen molar-refractivity contribution in [1.29, 1.82) is 0 Å². The molecule has 0 saturated heterocycles. The van der Waals surface area contributed by atoms with Gasteiger partial charge in [-0.25, -0.2) is 0 Å². The van der Waals surface area contributed by atoms with Crippen LogP contribution in [-0.2, 0) is 0 Å². The van der Waals surface area contributed by atoms with Crippen molar-refractivity contribution >= 4 is 0 Å². The van der Waals surface area contributed by atoms with Crippen LogP contribution in [0.5, 0.6) is 0 Å². The molecule has 2 heteroatoms. The van der Waals surface area contributed by atoms with Gasteiger partial charge in [-0.2, -0.15) is 0 Å². The lowest BCUT2D eigenvalue weighted by Crippen LogP contribution is -2.39. The van der Waals surface area contributed by atoms with E-state index in [0.29, 0.717) is 18.7 Å². The summed E-state index contributed by atoms with van der Waals surface area (Å²) in [5, 5.41) is 12.3. The molecule has 2 unspecified atom stereocenters. The standard InChI is InChI=1S/C11H23NO/c1-9(7-8-13)12-10(2)11-5-3-4-6-11/h9-13H,3-8H2,1-2H3. The van der Waals surface area contributed by atoms with Gasteiger partial charge in [-0.05, 0) is 39.0 Å². The average Bonchev–Trinajstić information content (AvgIpc) is 2.55. The highest BCUT2D eigenvalue weighted by atomic mass is 16.3. The van der Waals surface area contributed by atoms with E-state index in [1.54, 1.807) is 0 Å². The van der Waals surface area contributed by atoms with E-state index in [2.05, 4.69) is 19.2 Å². The zero-order valence-electron chi connectivity index (χ0n) is 8.92. The molecule has 0 spiro atoms. The summed E-state index contributed by atoms with van der Waals surface area (Å²) in [5.74, 6) is 0.876. The first kappa shape index (κ1) is 11.0. The Hall–Kier alpha value is -0.0800. The summed E-state index contributed by atoms with van der Waals surface area (Å²) in [6.45, 7) is 4.73. The minimum absolute atomic E-state index is 0.297. The number of hydrogen-bond acceptors (Lipinski definition) is 2. The van der Waals surface area contributed by atoms with Crippen molar-refractivity contribution in [1.82, 2.24) is 5.32 Å². The lowest BCUT2D eigenvalue weighted by molar-refractivity contribution is 0.254. The van der Waals surface area contributed by atoms with Gasteiger partial charge in [-0.15, -0.1) is 0 Å². The number of nitrogens with one attached hydrogen (secondary N) is 1. The first-order valence-electron chi connectivity index (χ1n) is 5.61. The maximum atomic E-state index is 8.77. The molecule has 0 amide bonds. The van der Waals surface area contributed by atoms with Crippen LogP contribution in [0.4, 0.5) is 0 Å². The van der Waals surface area contributed by atoms with Gasteiger partial charge in [-0.1, -0.05) is 12.8 Å². The second-order valence-electron chi connectivity index (χ2n) is 4.41. The zero-order chi connectivity index (χ0) is 9.68. The van der Waals surface area contributed by atoms with Crippen molar-refractivity contribution in [3.8, 4) is 0 Å². The fourth-order valence-electron chi connectivity index (χ4n) is 2.32. The Morgan fingerprint density at radius 2 is 1.92 bits per heavy atom. The largest absolute Gasteiger partial charge is 0.396 e. The Morgan fingerprint density at radius 1 is 1.31 bits per heavy atom. The third kappa shape index (κ3) is 3.65. The summed E-state index contributed by atoms with van der Waals surface area (Å²) in [6, 6.07) is 1.09. The average molecular weight is 185 g/mol. The predicted octanol–water partition coefficient (Wildman–Crippen LogP) is 1.93. The van der Waals surface area contributed by atoms with Crippen molar-refractivity contribution in [3.05, 3.63) is 0 Å². The second-order valence-corrected chi connectivity index (χ2v) is 4.41. The maximum absolute atomic E-state index is 8.77. The molecule has 78 valence electrons. The molecule has 1 fully saturated rings. The Labute approximate surface area is 81.7 Å². The Bertz CT molecular complexity index is 132. The summed E-state index contributed by atoms with van der Waals surface area (Å²) < 4.78 is 0. The molecule has 2 atom stereocenters. The van der Waals surface area contributed by atoms with Crippen LogP contribution in [0.3, 0.4) is 0 Å². The molecule has 13 heavy (non-hydrogen) atoms. The molecule has 0 heterocycles. The van der Waals surface area contributed by atoms with Crippen LogP contribution in [0.15, 0.2) is 0 Å². The molecule has 0 bridgehead atoms. The fourth-order valence-corrected chi connectivity index (χ4v) is 2.32. The van der Waals surface area contributed by atoms with Crippen molar-refractivity contribution in [2.24, 2.45) is 5.92 Å². The van der Waals surface area contributed by atoms with Crippen LogP contribution in [0.1, 0.15) is 46.0 Å². The summed E-state index contributed by atoms with van der Waals surface area (Å²) in [7, 11) is 0. The SMILES string of the molecule is CC(CCO)NC(C)C1CCCC1. The molecule has 1 rings (SSSR count). The van der Waals surface area contributed by atoms with Gasteiger partial charge in [0.2, 0.25) is 0 Å². The van der Waals surface area contributed by atoms with Crippen LogP contribution in [0, 0.1) is 5.92 Å². The lowest BCUT2D eigenvalue weighted by Gasteiger charge is -2.24. The summed E-state index contributed by atoms with van der Waals surface area (Å²) in [5.41, 5.74) is 0. The summed E-state index contributed by atoms with van der Waals surface area (Å²) in [6.07, 6.45) is 6.47. The highest BCUT2D eigenvalue weighted by molar-refractivity contribution is 4.79. The predicted molar refractivity (Wildman–Crippen MR) is 55.7 cm³/mol. The second kappa shape index (κ2) is 5.61. The number of rotatable bonds is 5. The Morgan fingerprint density at radius 3 is 2.46 bits per heavy atom. The van der Waals surface area contributed by atoms with Crippen LogP contribution in [-0.4, -0.2) is 23.8 Å². The normalized spacial score (nSPS) is 23.3. The van der Waals surface area contributed by atoms with Crippen molar-refractivity contribution < 1.29 is 5.11 Å². The Balaban J connectivity index is 2.18. The zero-order valence-corrected chi connectivity index (χ0v) is 8.92. The molecular weight excluding hydrogens is 162 g/mol. The van der Waals surface area contributed by atoms with Crippen LogP contribution in [0.2, 0.25) is 0 Å². The van der Waals surface area contributed by atoms with Gasteiger partial charge in [-0.3, -0.25) is 0 Å². The van der Waals surface area contributed by atoms with E-state index in [4.69, 9.17) is 5.11 Å². The third-order valence-electron chi connectivity index (χ3n) is 3.22. The lowest BCUT2D eigenvalue weighted by atomic mass is 9.99. The number of aliphatic hydroxyl groups excluding tert-OH is 1. The maximum Gasteiger partial charge on any atom is 0.0445 e. The van der Waals surface area contributed by atoms with Crippen LogP contribution >= 0.6 is 0 Å². The summed E-state index contributed by atoms with van der Waals surface area (Å²) in [4.78, 5) is 0. The molecule has 2 N–H and O–H groups in total. The van der Waals surface area contributed by atoms with E-state index in [1.807, 2.05) is 0 Å². The molecule has 0 aromatic heterocycles. The first-order chi connectivity index (χ1) is 6.24. The van der Waals surface area contributed by atoms with Crippen LogP contribution < -0.4 is 5.32 Å².